The van der Waals surface area contributed by atoms with Crippen LogP contribution >= 0.6 is 0 Å². The van der Waals surface area contributed by atoms with Crippen molar-refractivity contribution in [3.05, 3.63) is 16.3 Å². The topological polar surface area (TPSA) is 83.5 Å². The smallest absolute Gasteiger partial charge is 0.343 e. The second-order valence-electron chi connectivity index (χ2n) is 5.43. The molecule has 0 aromatic carbocycles. The van der Waals surface area contributed by atoms with Gasteiger partial charge >= 0.3 is 5.69 Å². The van der Waals surface area contributed by atoms with Crippen molar-refractivity contribution >= 4 is 5.91 Å². The van der Waals surface area contributed by atoms with E-state index in [0.29, 0.717) is 25.7 Å². The first-order valence-electron chi connectivity index (χ1n) is 6.82. The number of ether oxygens (including phenoxy) is 1. The molecule has 20 heavy (non-hydrogen) atoms. The summed E-state index contributed by atoms with van der Waals surface area (Å²) in [4.78, 5) is 30.3. The van der Waals surface area contributed by atoms with Crippen LogP contribution in [0.15, 0.2) is 4.79 Å². The van der Waals surface area contributed by atoms with Gasteiger partial charge in [-0.1, -0.05) is 0 Å². The highest BCUT2D eigenvalue weighted by molar-refractivity contribution is 5.90. The van der Waals surface area contributed by atoms with Crippen LogP contribution in [0.25, 0.3) is 0 Å². The lowest BCUT2D eigenvalue weighted by Gasteiger charge is -2.46. The summed E-state index contributed by atoms with van der Waals surface area (Å²) >= 11 is 0. The molecule has 2 saturated heterocycles. The number of nitrogens with one attached hydrogen (secondary N) is 1. The van der Waals surface area contributed by atoms with Gasteiger partial charge < -0.3 is 9.64 Å². The molecule has 0 unspecified atom stereocenters. The number of morpholine rings is 1. The fourth-order valence-electron chi connectivity index (χ4n) is 2.90. The lowest BCUT2D eigenvalue weighted by molar-refractivity contribution is -0.0701. The largest absolute Gasteiger partial charge is 0.378 e. The van der Waals surface area contributed by atoms with E-state index in [-0.39, 0.29) is 23.5 Å². The summed E-state index contributed by atoms with van der Waals surface area (Å²) in [6.45, 7) is 5.63. The van der Waals surface area contributed by atoms with Crippen LogP contribution < -0.4 is 5.69 Å². The molecule has 8 heteroatoms. The van der Waals surface area contributed by atoms with Crippen molar-refractivity contribution < 1.29 is 9.53 Å². The van der Waals surface area contributed by atoms with Crippen LogP contribution in [0.3, 0.4) is 0 Å². The minimum Gasteiger partial charge on any atom is -0.378 e. The van der Waals surface area contributed by atoms with E-state index >= 15 is 0 Å². The number of nitrogens with zero attached hydrogens (tertiary/aromatic N) is 4. The van der Waals surface area contributed by atoms with Crippen LogP contribution in [-0.4, -0.2) is 75.4 Å². The van der Waals surface area contributed by atoms with Gasteiger partial charge in [-0.25, -0.2) is 9.48 Å². The molecular formula is C12H19N5O3. The Labute approximate surface area is 116 Å². The van der Waals surface area contributed by atoms with Gasteiger partial charge in [0.1, 0.15) is 0 Å². The van der Waals surface area contributed by atoms with Crippen molar-refractivity contribution in [2.45, 2.75) is 19.0 Å². The number of fused-ring (bicyclic) bond motifs is 1. The molecule has 2 fully saturated rings. The van der Waals surface area contributed by atoms with E-state index in [2.05, 4.69) is 21.9 Å². The third kappa shape index (κ3) is 2.25. The second-order valence-corrected chi connectivity index (χ2v) is 5.43. The summed E-state index contributed by atoms with van der Waals surface area (Å²) in [5.41, 5.74) is -0.374. The molecule has 0 spiro atoms. The van der Waals surface area contributed by atoms with Crippen molar-refractivity contribution in [3.8, 4) is 0 Å². The molecule has 3 heterocycles. The number of hydrogen-bond acceptors (Lipinski definition) is 5. The Balaban J connectivity index is 1.72. The molecule has 2 aliphatic heterocycles. The van der Waals surface area contributed by atoms with Crippen LogP contribution in [0, 0.1) is 0 Å². The number of aryl methyl sites for hydroxylation is 1. The van der Waals surface area contributed by atoms with Crippen LogP contribution in [0.1, 0.15) is 17.5 Å². The molecule has 110 valence electrons. The zero-order valence-electron chi connectivity index (χ0n) is 11.7. The molecule has 1 aromatic heterocycles. The summed E-state index contributed by atoms with van der Waals surface area (Å²) in [7, 11) is 1.52. The molecule has 1 N–H and O–H groups in total. The third-order valence-electron chi connectivity index (χ3n) is 4.02. The lowest BCUT2D eigenvalue weighted by Crippen LogP contribution is -2.62. The molecule has 8 nitrogen and oxygen atoms in total. The standard InChI is InChI=1S/C12H19N5O3/c1-8-6-20-7-9-5-16(3-4-17(8)9)11(18)10-13-12(19)15(2)14-10/h8-9H,3-7H2,1-2H3,(H,13,14,19)/t8-,9+/m0/s1. The van der Waals surface area contributed by atoms with E-state index in [4.69, 9.17) is 4.74 Å². The monoisotopic (exact) mass is 281 g/mol. The van der Waals surface area contributed by atoms with Crippen molar-refractivity contribution in [3.63, 3.8) is 0 Å². The number of aromatic nitrogens is 3. The highest BCUT2D eigenvalue weighted by atomic mass is 16.5. The molecule has 3 rings (SSSR count). The Morgan fingerprint density at radius 1 is 1.40 bits per heavy atom. The average Bonchev–Trinajstić information content (AvgIpc) is 2.78. The van der Waals surface area contributed by atoms with Crippen molar-refractivity contribution in [2.75, 3.05) is 32.8 Å². The minimum atomic E-state index is -0.374. The zero-order valence-corrected chi connectivity index (χ0v) is 11.7. The first-order valence-corrected chi connectivity index (χ1v) is 6.82. The Morgan fingerprint density at radius 2 is 2.20 bits per heavy atom. The van der Waals surface area contributed by atoms with E-state index < -0.39 is 0 Å². The quantitative estimate of drug-likeness (QED) is 0.688. The van der Waals surface area contributed by atoms with E-state index in [9.17, 15) is 9.59 Å². The van der Waals surface area contributed by atoms with Gasteiger partial charge in [0, 0.05) is 32.7 Å². The number of carbonyl (C=O) groups is 1. The maximum atomic E-state index is 12.3. The molecule has 0 radical (unpaired) electrons. The number of rotatable bonds is 1. The van der Waals surface area contributed by atoms with Gasteiger partial charge in [0.25, 0.3) is 5.91 Å². The maximum absolute atomic E-state index is 12.3. The van der Waals surface area contributed by atoms with Gasteiger partial charge in [-0.05, 0) is 6.92 Å². The Hall–Kier alpha value is -1.67. The first-order chi connectivity index (χ1) is 9.56. The first kappa shape index (κ1) is 13.3. The molecule has 1 amide bonds. The van der Waals surface area contributed by atoms with Crippen LogP contribution in [0.5, 0.6) is 0 Å². The summed E-state index contributed by atoms with van der Waals surface area (Å²) in [6.07, 6.45) is 0. The fraction of sp³-hybridized carbons (Fsp3) is 0.750. The normalized spacial score (nSPS) is 27.4. The number of aromatic amines is 1. The van der Waals surface area contributed by atoms with Crippen LogP contribution in [-0.2, 0) is 11.8 Å². The number of piperazine rings is 1. The molecule has 2 aliphatic rings. The van der Waals surface area contributed by atoms with Gasteiger partial charge in [0.05, 0.1) is 19.3 Å². The Bertz CT molecular complexity index is 566. The van der Waals surface area contributed by atoms with E-state index in [0.717, 1.165) is 17.8 Å². The Kier molecular flexibility index (Phi) is 3.35. The predicted molar refractivity (Wildman–Crippen MR) is 70.5 cm³/mol. The highest BCUT2D eigenvalue weighted by Gasteiger charge is 2.36. The number of carbonyl (C=O) groups excluding carboxylic acids is 1. The maximum Gasteiger partial charge on any atom is 0.343 e. The lowest BCUT2D eigenvalue weighted by atomic mass is 10.1. The molecule has 1 aromatic rings. The van der Waals surface area contributed by atoms with Crippen molar-refractivity contribution in [2.24, 2.45) is 7.05 Å². The SMILES string of the molecule is C[C@H]1COC[C@H]2CN(C(=O)c3nn(C)c(=O)[nH]3)CCN21. The van der Waals surface area contributed by atoms with Crippen LogP contribution in [0.4, 0.5) is 0 Å². The second kappa shape index (κ2) is 5.02. The van der Waals surface area contributed by atoms with Gasteiger partial charge in [-0.3, -0.25) is 14.7 Å². The Morgan fingerprint density at radius 3 is 2.90 bits per heavy atom. The molecular weight excluding hydrogens is 262 g/mol. The van der Waals surface area contributed by atoms with E-state index in [1.54, 1.807) is 4.90 Å². The zero-order chi connectivity index (χ0) is 14.3. The average molecular weight is 281 g/mol. The summed E-state index contributed by atoms with van der Waals surface area (Å²) in [5, 5.41) is 3.92. The minimum absolute atomic E-state index is 0.107. The van der Waals surface area contributed by atoms with E-state index in [1.165, 1.54) is 7.05 Å². The molecule has 0 aliphatic carbocycles. The van der Waals surface area contributed by atoms with Gasteiger partial charge in [0.2, 0.25) is 5.82 Å². The fourth-order valence-corrected chi connectivity index (χ4v) is 2.90. The van der Waals surface area contributed by atoms with E-state index in [1.807, 2.05) is 0 Å². The number of amides is 1. The van der Waals surface area contributed by atoms with Gasteiger partial charge in [0.15, 0.2) is 0 Å². The third-order valence-corrected chi connectivity index (χ3v) is 4.02. The summed E-state index contributed by atoms with van der Waals surface area (Å²) in [5.74, 6) is -0.115. The molecule has 0 saturated carbocycles. The molecule has 2 atom stereocenters. The highest BCUT2D eigenvalue weighted by Crippen LogP contribution is 2.19. The summed E-state index contributed by atoms with van der Waals surface area (Å²) in [6, 6.07) is 0.618. The van der Waals surface area contributed by atoms with Crippen LogP contribution in [0.2, 0.25) is 0 Å². The number of hydrogen-bond donors (Lipinski definition) is 1. The number of H-pyrrole nitrogens is 1. The predicted octanol–water partition coefficient (Wildman–Crippen LogP) is -1.35. The van der Waals surface area contributed by atoms with Crippen molar-refractivity contribution in [1.82, 2.24) is 24.6 Å². The van der Waals surface area contributed by atoms with Gasteiger partial charge in [-0.2, -0.15) is 0 Å². The van der Waals surface area contributed by atoms with Gasteiger partial charge in [-0.15, -0.1) is 5.10 Å². The summed E-state index contributed by atoms with van der Waals surface area (Å²) < 4.78 is 6.69. The molecule has 0 bridgehead atoms. The van der Waals surface area contributed by atoms with Crippen molar-refractivity contribution in [1.29, 1.82) is 0 Å².